The summed E-state index contributed by atoms with van der Waals surface area (Å²) in [6, 6.07) is 11.2. The zero-order valence-corrected chi connectivity index (χ0v) is 20.1. The molecule has 7 nitrogen and oxygen atoms in total. The Morgan fingerprint density at radius 3 is 2.63 bits per heavy atom. The average molecular weight is 493 g/mol. The molecule has 2 aliphatic heterocycles. The van der Waals surface area contributed by atoms with Crippen LogP contribution in [0.4, 0.5) is 16.2 Å². The van der Waals surface area contributed by atoms with E-state index >= 15 is 4.39 Å². The van der Waals surface area contributed by atoms with Gasteiger partial charge in [-0.15, -0.1) is 0 Å². The third-order valence-corrected chi connectivity index (χ3v) is 7.46. The molecule has 2 atom stereocenters. The molecule has 0 unspecified atom stereocenters. The third kappa shape index (κ3) is 3.76. The van der Waals surface area contributed by atoms with Gasteiger partial charge in [0, 0.05) is 48.3 Å². The largest absolute Gasteiger partial charge is 0.391 e. The van der Waals surface area contributed by atoms with Gasteiger partial charge in [0.1, 0.15) is 17.0 Å². The first kappa shape index (κ1) is 22.4. The lowest BCUT2D eigenvalue weighted by Gasteiger charge is -2.38. The normalized spacial score (nSPS) is 20.5. The van der Waals surface area contributed by atoms with Crippen LogP contribution in [-0.2, 0) is 0 Å². The molecule has 2 aromatic heterocycles. The first-order valence-electron chi connectivity index (χ1n) is 11.9. The Kier molecular flexibility index (Phi) is 5.67. The van der Waals surface area contributed by atoms with Crippen molar-refractivity contribution in [2.24, 2.45) is 0 Å². The predicted octanol–water partition coefficient (Wildman–Crippen LogP) is 4.01. The molecule has 0 radical (unpaired) electrons. The van der Waals surface area contributed by atoms with Gasteiger partial charge in [-0.25, -0.2) is 9.37 Å². The van der Waals surface area contributed by atoms with Gasteiger partial charge in [0.25, 0.3) is 0 Å². The number of rotatable bonds is 4. The van der Waals surface area contributed by atoms with Crippen LogP contribution in [-0.4, -0.2) is 65.4 Å². The predicted molar refractivity (Wildman–Crippen MR) is 138 cm³/mol. The van der Waals surface area contributed by atoms with E-state index in [0.29, 0.717) is 47.2 Å². The van der Waals surface area contributed by atoms with Crippen LogP contribution in [0.5, 0.6) is 0 Å². The molecule has 0 spiro atoms. The molecule has 0 saturated carbocycles. The summed E-state index contributed by atoms with van der Waals surface area (Å²) in [4.78, 5) is 18.2. The summed E-state index contributed by atoms with van der Waals surface area (Å²) in [6.45, 7) is 2.88. The zero-order valence-electron chi connectivity index (χ0n) is 19.4. The number of likely N-dealkylation sites (N-methyl/N-ethyl adjacent to an activating group) is 1. The van der Waals surface area contributed by atoms with Crippen molar-refractivity contribution in [3.05, 3.63) is 53.4 Å². The monoisotopic (exact) mass is 492 g/mol. The van der Waals surface area contributed by atoms with E-state index in [9.17, 15) is 5.11 Å². The van der Waals surface area contributed by atoms with Gasteiger partial charge in [0.2, 0.25) is 5.95 Å². The van der Waals surface area contributed by atoms with Crippen LogP contribution >= 0.6 is 11.6 Å². The van der Waals surface area contributed by atoms with Crippen LogP contribution in [0.25, 0.3) is 32.9 Å². The molecule has 9 heteroatoms. The molecule has 0 aliphatic carbocycles. The van der Waals surface area contributed by atoms with Crippen molar-refractivity contribution >= 4 is 45.0 Å². The Morgan fingerprint density at radius 2 is 1.89 bits per heavy atom. The van der Waals surface area contributed by atoms with Gasteiger partial charge in [-0.1, -0.05) is 41.9 Å². The lowest BCUT2D eigenvalue weighted by atomic mass is 10.00. The minimum absolute atomic E-state index is 0.101. The van der Waals surface area contributed by atoms with E-state index in [2.05, 4.69) is 25.1 Å². The molecule has 2 N–H and O–H groups in total. The van der Waals surface area contributed by atoms with Crippen molar-refractivity contribution in [2.75, 3.05) is 43.0 Å². The second-order valence-corrected chi connectivity index (χ2v) is 9.62. The summed E-state index contributed by atoms with van der Waals surface area (Å²) in [6.07, 6.45) is 2.89. The molecule has 2 aliphatic rings. The first-order valence-corrected chi connectivity index (χ1v) is 12.3. The van der Waals surface area contributed by atoms with Crippen molar-refractivity contribution in [2.45, 2.75) is 25.0 Å². The van der Waals surface area contributed by atoms with Crippen molar-refractivity contribution in [1.82, 2.24) is 20.3 Å². The Balaban J connectivity index is 1.55. The van der Waals surface area contributed by atoms with Crippen molar-refractivity contribution in [1.29, 1.82) is 0 Å². The van der Waals surface area contributed by atoms with Gasteiger partial charge in [0.05, 0.1) is 17.5 Å². The summed E-state index contributed by atoms with van der Waals surface area (Å²) in [5, 5.41) is 16.3. The molecule has 2 aromatic carbocycles. The van der Waals surface area contributed by atoms with Gasteiger partial charge in [0.15, 0.2) is 5.82 Å². The fourth-order valence-corrected chi connectivity index (χ4v) is 5.31. The van der Waals surface area contributed by atoms with Crippen LogP contribution in [0.15, 0.2) is 42.6 Å². The standard InChI is InChI=1S/C26H26ClFN6O/c1-29-19-14-34(12-9-20(19)35)25-17-13-30-23(16-7-2-5-15-6-3-8-18(27)21(15)16)22(28)24(17)31-26(32-25)33-10-4-11-33/h2-3,5-8,13,19-20,29,35H,4,9-12,14H2,1H3/t19-,20-/m1/s1. The van der Waals surface area contributed by atoms with E-state index in [4.69, 9.17) is 16.6 Å². The highest BCUT2D eigenvalue weighted by Crippen LogP contribution is 2.38. The van der Waals surface area contributed by atoms with E-state index < -0.39 is 11.9 Å². The summed E-state index contributed by atoms with van der Waals surface area (Å²) >= 11 is 6.53. The molecule has 4 aromatic rings. The lowest BCUT2D eigenvalue weighted by molar-refractivity contribution is 0.111. The third-order valence-electron chi connectivity index (χ3n) is 7.15. The van der Waals surface area contributed by atoms with E-state index in [1.54, 1.807) is 12.3 Å². The Labute approximate surface area is 207 Å². The van der Waals surface area contributed by atoms with Crippen LogP contribution < -0.4 is 15.1 Å². The summed E-state index contributed by atoms with van der Waals surface area (Å²) < 4.78 is 16.2. The number of benzene rings is 2. The second-order valence-electron chi connectivity index (χ2n) is 9.21. The number of fused-ring (bicyclic) bond motifs is 2. The Morgan fingerprint density at radius 1 is 1.09 bits per heavy atom. The quantitative estimate of drug-likeness (QED) is 0.445. The second kappa shape index (κ2) is 8.86. The number of aliphatic hydroxyl groups excluding tert-OH is 1. The molecule has 4 heterocycles. The molecule has 2 fully saturated rings. The number of hydrogen-bond donors (Lipinski definition) is 2. The number of nitrogens with one attached hydrogen (secondary N) is 1. The zero-order chi connectivity index (χ0) is 24.1. The SMILES string of the molecule is CN[C@@H]1CN(c2nc(N3CCC3)nc3c(F)c(-c4cccc5cccc(Cl)c45)ncc23)CC[C@H]1O. The van der Waals surface area contributed by atoms with Crippen LogP contribution in [0.1, 0.15) is 12.8 Å². The van der Waals surface area contributed by atoms with Gasteiger partial charge in [-0.2, -0.15) is 4.98 Å². The number of aromatic nitrogens is 3. The number of aliphatic hydroxyl groups is 1. The maximum Gasteiger partial charge on any atom is 0.228 e. The van der Waals surface area contributed by atoms with E-state index in [1.807, 2.05) is 37.4 Å². The number of hydrogen-bond acceptors (Lipinski definition) is 7. The number of anilines is 2. The van der Waals surface area contributed by atoms with E-state index in [0.717, 1.165) is 30.3 Å². The summed E-state index contributed by atoms with van der Waals surface area (Å²) in [5.74, 6) is 0.693. The smallest absolute Gasteiger partial charge is 0.228 e. The van der Waals surface area contributed by atoms with Crippen LogP contribution in [0.3, 0.4) is 0 Å². The topological polar surface area (TPSA) is 77.4 Å². The van der Waals surface area contributed by atoms with Gasteiger partial charge in [-0.05, 0) is 31.3 Å². The van der Waals surface area contributed by atoms with E-state index in [-0.39, 0.29) is 17.3 Å². The molecule has 0 bridgehead atoms. The molecule has 35 heavy (non-hydrogen) atoms. The number of halogens is 2. The average Bonchev–Trinajstić information content (AvgIpc) is 2.83. The van der Waals surface area contributed by atoms with Gasteiger partial charge in [-0.3, -0.25) is 4.98 Å². The fourth-order valence-electron chi connectivity index (χ4n) is 5.02. The number of nitrogens with zero attached hydrogens (tertiary/aromatic N) is 5. The number of piperidine rings is 1. The molecular weight excluding hydrogens is 467 g/mol. The van der Waals surface area contributed by atoms with E-state index in [1.165, 1.54) is 0 Å². The van der Waals surface area contributed by atoms with Gasteiger partial charge >= 0.3 is 0 Å². The Bertz CT molecular complexity index is 1420. The number of pyridine rings is 1. The maximum absolute atomic E-state index is 16.2. The van der Waals surface area contributed by atoms with Crippen molar-refractivity contribution in [3.63, 3.8) is 0 Å². The maximum atomic E-state index is 16.2. The molecular formula is C26H26ClFN6O. The minimum Gasteiger partial charge on any atom is -0.391 e. The lowest BCUT2D eigenvalue weighted by Crippen LogP contribution is -2.53. The minimum atomic E-state index is -0.484. The Hall–Kier alpha value is -3.07. The highest BCUT2D eigenvalue weighted by molar-refractivity contribution is 6.36. The first-order chi connectivity index (χ1) is 17.0. The molecule has 180 valence electrons. The summed E-state index contributed by atoms with van der Waals surface area (Å²) in [7, 11) is 1.84. The molecule has 0 amide bonds. The highest BCUT2D eigenvalue weighted by atomic mass is 35.5. The van der Waals surface area contributed by atoms with Crippen LogP contribution in [0.2, 0.25) is 5.02 Å². The van der Waals surface area contributed by atoms with Crippen molar-refractivity contribution < 1.29 is 9.50 Å². The van der Waals surface area contributed by atoms with Crippen molar-refractivity contribution in [3.8, 4) is 11.3 Å². The van der Waals surface area contributed by atoms with Crippen LogP contribution in [0, 0.1) is 5.82 Å². The molecule has 2 saturated heterocycles. The highest BCUT2D eigenvalue weighted by Gasteiger charge is 2.30. The fraction of sp³-hybridized carbons (Fsp3) is 0.346. The van der Waals surface area contributed by atoms with Gasteiger partial charge < -0.3 is 20.2 Å². The molecule has 6 rings (SSSR count). The summed E-state index contributed by atoms with van der Waals surface area (Å²) in [5.41, 5.74) is 1.10.